The molecule has 0 heterocycles. The molecule has 4 heteroatoms. The molecular formula is C8H10N2O2. The van der Waals surface area contributed by atoms with Gasteiger partial charge >= 0.3 is 0 Å². The Morgan fingerprint density at radius 2 is 2.33 bits per heavy atom. The fourth-order valence-corrected chi connectivity index (χ4v) is 0.925. The summed E-state index contributed by atoms with van der Waals surface area (Å²) in [4.78, 5) is 0. The van der Waals surface area contributed by atoms with Crippen LogP contribution in [0.3, 0.4) is 0 Å². The Balaban J connectivity index is 2.93. The third-order valence-corrected chi connectivity index (χ3v) is 1.50. The van der Waals surface area contributed by atoms with Crippen LogP contribution in [0.25, 0.3) is 0 Å². The van der Waals surface area contributed by atoms with Crippen molar-refractivity contribution in [1.82, 2.24) is 0 Å². The van der Waals surface area contributed by atoms with Crippen LogP contribution in [0.4, 0.5) is 0 Å². The summed E-state index contributed by atoms with van der Waals surface area (Å²) in [7, 11) is 1.49. The predicted molar refractivity (Wildman–Crippen MR) is 43.5 cm³/mol. The van der Waals surface area contributed by atoms with E-state index in [1.807, 2.05) is 0 Å². The van der Waals surface area contributed by atoms with E-state index in [0.29, 0.717) is 5.75 Å². The first-order valence-electron chi connectivity index (χ1n) is 3.47. The van der Waals surface area contributed by atoms with Gasteiger partial charge in [0, 0.05) is 0 Å². The summed E-state index contributed by atoms with van der Waals surface area (Å²) >= 11 is 0. The lowest BCUT2D eigenvalue weighted by atomic mass is 10.2. The molecule has 4 nitrogen and oxygen atoms in total. The zero-order chi connectivity index (χ0) is 8.97. The highest BCUT2D eigenvalue weighted by Crippen LogP contribution is 2.26. The van der Waals surface area contributed by atoms with Crippen LogP contribution < -0.4 is 4.74 Å². The molecule has 0 atom stereocenters. The Labute approximate surface area is 70.3 Å². The molecule has 0 amide bonds. The number of rotatable bonds is 3. The summed E-state index contributed by atoms with van der Waals surface area (Å²) in [5.74, 6) is 0.516. The SMILES string of the molecule is COc1ccc(CN=N)cc1O. The molecule has 0 aliphatic heterocycles. The van der Waals surface area contributed by atoms with Crippen LogP contribution in [0.1, 0.15) is 5.56 Å². The Kier molecular flexibility index (Phi) is 2.63. The van der Waals surface area contributed by atoms with Gasteiger partial charge in [0.05, 0.1) is 13.7 Å². The molecule has 0 fully saturated rings. The maximum absolute atomic E-state index is 9.29. The summed E-state index contributed by atoms with van der Waals surface area (Å²) < 4.78 is 4.85. The van der Waals surface area contributed by atoms with Crippen molar-refractivity contribution in [3.8, 4) is 11.5 Å². The van der Waals surface area contributed by atoms with Crippen molar-refractivity contribution < 1.29 is 9.84 Å². The molecule has 1 rings (SSSR count). The van der Waals surface area contributed by atoms with E-state index >= 15 is 0 Å². The lowest BCUT2D eigenvalue weighted by Crippen LogP contribution is -1.85. The van der Waals surface area contributed by atoms with E-state index in [0.717, 1.165) is 5.56 Å². The van der Waals surface area contributed by atoms with Crippen LogP contribution in [-0.4, -0.2) is 12.2 Å². The largest absolute Gasteiger partial charge is 0.504 e. The molecule has 64 valence electrons. The highest BCUT2D eigenvalue weighted by Gasteiger charge is 2.00. The van der Waals surface area contributed by atoms with Gasteiger partial charge in [-0.3, -0.25) is 0 Å². The number of methoxy groups -OCH3 is 1. The van der Waals surface area contributed by atoms with E-state index in [1.165, 1.54) is 13.2 Å². The van der Waals surface area contributed by atoms with Gasteiger partial charge in [-0.1, -0.05) is 6.07 Å². The van der Waals surface area contributed by atoms with E-state index in [2.05, 4.69) is 5.11 Å². The molecule has 0 aliphatic rings. The molecule has 0 aromatic heterocycles. The van der Waals surface area contributed by atoms with Crippen LogP contribution in [0.5, 0.6) is 11.5 Å². The van der Waals surface area contributed by atoms with Crippen molar-refractivity contribution in [2.75, 3.05) is 7.11 Å². The van der Waals surface area contributed by atoms with Crippen LogP contribution in [0, 0.1) is 5.53 Å². The number of aromatic hydroxyl groups is 1. The van der Waals surface area contributed by atoms with Gasteiger partial charge in [-0.05, 0) is 17.7 Å². The Morgan fingerprint density at radius 3 is 2.83 bits per heavy atom. The highest BCUT2D eigenvalue weighted by molar-refractivity contribution is 5.41. The quantitative estimate of drug-likeness (QED) is 0.674. The Hall–Kier alpha value is -1.58. The number of nitrogens with zero attached hydrogens (tertiary/aromatic N) is 1. The van der Waals surface area contributed by atoms with Gasteiger partial charge in [-0.15, -0.1) is 0 Å². The molecule has 0 bridgehead atoms. The molecular weight excluding hydrogens is 156 g/mol. The van der Waals surface area contributed by atoms with Gasteiger partial charge in [0.1, 0.15) is 0 Å². The minimum Gasteiger partial charge on any atom is -0.504 e. The number of ether oxygens (including phenoxy) is 1. The second kappa shape index (κ2) is 3.71. The molecule has 0 saturated heterocycles. The van der Waals surface area contributed by atoms with Gasteiger partial charge in [0.15, 0.2) is 11.5 Å². The summed E-state index contributed by atoms with van der Waals surface area (Å²) in [6.07, 6.45) is 0. The van der Waals surface area contributed by atoms with Crippen LogP contribution >= 0.6 is 0 Å². The van der Waals surface area contributed by atoms with E-state index in [1.54, 1.807) is 12.1 Å². The number of nitrogens with one attached hydrogen (secondary N) is 1. The molecule has 0 spiro atoms. The summed E-state index contributed by atoms with van der Waals surface area (Å²) in [6.45, 7) is 0.289. The normalized spacial score (nSPS) is 9.42. The van der Waals surface area contributed by atoms with E-state index in [4.69, 9.17) is 10.3 Å². The van der Waals surface area contributed by atoms with E-state index in [-0.39, 0.29) is 12.3 Å². The number of phenols is 1. The molecule has 12 heavy (non-hydrogen) atoms. The van der Waals surface area contributed by atoms with Crippen molar-refractivity contribution >= 4 is 0 Å². The molecule has 2 N–H and O–H groups in total. The minimum atomic E-state index is 0.0821. The lowest BCUT2D eigenvalue weighted by molar-refractivity contribution is 0.373. The standard InChI is InChI=1S/C8H10N2O2/c1-12-8-3-2-6(5-10-9)4-7(8)11/h2-4,9,11H,5H2,1H3. The predicted octanol–water partition coefficient (Wildman–Crippen LogP) is 1.93. The zero-order valence-corrected chi connectivity index (χ0v) is 6.74. The molecule has 0 radical (unpaired) electrons. The average molecular weight is 166 g/mol. The van der Waals surface area contributed by atoms with Crippen molar-refractivity contribution in [2.24, 2.45) is 5.11 Å². The number of phenolic OH excluding ortho intramolecular Hbond substituents is 1. The van der Waals surface area contributed by atoms with Crippen molar-refractivity contribution in [3.05, 3.63) is 23.8 Å². The monoisotopic (exact) mass is 166 g/mol. The van der Waals surface area contributed by atoms with Crippen molar-refractivity contribution in [1.29, 1.82) is 5.53 Å². The van der Waals surface area contributed by atoms with Gasteiger partial charge in [-0.2, -0.15) is 5.11 Å². The van der Waals surface area contributed by atoms with Crippen molar-refractivity contribution in [3.63, 3.8) is 0 Å². The number of hydrogen-bond acceptors (Lipinski definition) is 4. The summed E-state index contributed by atoms with van der Waals surface area (Å²) in [5.41, 5.74) is 7.42. The average Bonchev–Trinajstić information content (AvgIpc) is 2.05. The van der Waals surface area contributed by atoms with Gasteiger partial charge in [-0.25, -0.2) is 5.53 Å². The molecule has 0 aliphatic carbocycles. The van der Waals surface area contributed by atoms with Gasteiger partial charge in [0.2, 0.25) is 0 Å². The van der Waals surface area contributed by atoms with Crippen LogP contribution in [0.2, 0.25) is 0 Å². The fourth-order valence-electron chi connectivity index (χ4n) is 0.925. The van der Waals surface area contributed by atoms with E-state index in [9.17, 15) is 5.11 Å². The smallest absolute Gasteiger partial charge is 0.160 e. The highest BCUT2D eigenvalue weighted by atomic mass is 16.5. The number of hydrogen-bond donors (Lipinski definition) is 2. The zero-order valence-electron chi connectivity index (χ0n) is 6.74. The lowest BCUT2D eigenvalue weighted by Gasteiger charge is -2.03. The van der Waals surface area contributed by atoms with Gasteiger partial charge < -0.3 is 9.84 Å². The Morgan fingerprint density at radius 1 is 1.58 bits per heavy atom. The first-order valence-corrected chi connectivity index (χ1v) is 3.47. The molecule has 0 unspecified atom stereocenters. The third kappa shape index (κ3) is 1.72. The summed E-state index contributed by atoms with van der Waals surface area (Å²) in [5, 5.41) is 12.5. The Bertz CT molecular complexity index is 286. The summed E-state index contributed by atoms with van der Waals surface area (Å²) in [6, 6.07) is 4.95. The minimum absolute atomic E-state index is 0.0821. The van der Waals surface area contributed by atoms with Crippen molar-refractivity contribution in [2.45, 2.75) is 6.54 Å². The fraction of sp³-hybridized carbons (Fsp3) is 0.250. The first-order chi connectivity index (χ1) is 5.77. The molecule has 0 saturated carbocycles. The maximum atomic E-state index is 9.29. The second-order valence-corrected chi connectivity index (χ2v) is 2.32. The van der Waals surface area contributed by atoms with Gasteiger partial charge in [0.25, 0.3) is 0 Å². The molecule has 1 aromatic rings. The van der Waals surface area contributed by atoms with Crippen LogP contribution in [-0.2, 0) is 6.54 Å². The second-order valence-electron chi connectivity index (χ2n) is 2.32. The number of benzene rings is 1. The van der Waals surface area contributed by atoms with E-state index < -0.39 is 0 Å². The molecule has 1 aromatic carbocycles. The topological polar surface area (TPSA) is 65.7 Å². The van der Waals surface area contributed by atoms with Crippen LogP contribution in [0.15, 0.2) is 23.3 Å². The maximum Gasteiger partial charge on any atom is 0.160 e. The first kappa shape index (κ1) is 8.52. The third-order valence-electron chi connectivity index (χ3n) is 1.50.